The highest BCUT2D eigenvalue weighted by Crippen LogP contribution is 2.17. The summed E-state index contributed by atoms with van der Waals surface area (Å²) in [6.07, 6.45) is 3.35. The lowest BCUT2D eigenvalue weighted by Gasteiger charge is -2.12. The van der Waals surface area contributed by atoms with Crippen LogP contribution in [-0.4, -0.2) is 19.7 Å². The standard InChI is InChI=1S/C13H16BrN5O/c1-8(2)19-13(20)12(14)11(7-17-19)16-6-10-4-5-15-9(3)18-10/h4-5,7-8,16H,6H2,1-3H3. The van der Waals surface area contributed by atoms with Crippen molar-refractivity contribution in [1.82, 2.24) is 19.7 Å². The highest BCUT2D eigenvalue weighted by Gasteiger charge is 2.10. The highest BCUT2D eigenvalue weighted by molar-refractivity contribution is 9.10. The third-order valence-corrected chi connectivity index (χ3v) is 3.49. The summed E-state index contributed by atoms with van der Waals surface area (Å²) in [4.78, 5) is 20.4. The predicted octanol–water partition coefficient (Wildman–Crippen LogP) is 2.30. The summed E-state index contributed by atoms with van der Waals surface area (Å²) in [6.45, 7) is 6.18. The van der Waals surface area contributed by atoms with E-state index in [4.69, 9.17) is 0 Å². The van der Waals surface area contributed by atoms with Crippen molar-refractivity contribution in [2.45, 2.75) is 33.4 Å². The van der Waals surface area contributed by atoms with Crippen molar-refractivity contribution < 1.29 is 0 Å². The van der Waals surface area contributed by atoms with E-state index >= 15 is 0 Å². The molecule has 2 aromatic heterocycles. The Morgan fingerprint density at radius 1 is 1.45 bits per heavy atom. The van der Waals surface area contributed by atoms with Gasteiger partial charge >= 0.3 is 0 Å². The van der Waals surface area contributed by atoms with Gasteiger partial charge in [0.25, 0.3) is 5.56 Å². The van der Waals surface area contributed by atoms with Gasteiger partial charge in [0.1, 0.15) is 10.3 Å². The lowest BCUT2D eigenvalue weighted by Crippen LogP contribution is -2.26. The Labute approximate surface area is 125 Å². The Bertz CT molecular complexity index is 668. The SMILES string of the molecule is Cc1nccc(CNc2cnn(C(C)C)c(=O)c2Br)n1. The van der Waals surface area contributed by atoms with Crippen molar-refractivity contribution in [3.8, 4) is 0 Å². The molecule has 1 N–H and O–H groups in total. The first-order chi connectivity index (χ1) is 9.49. The van der Waals surface area contributed by atoms with Crippen LogP contribution in [0.1, 0.15) is 31.4 Å². The van der Waals surface area contributed by atoms with E-state index in [-0.39, 0.29) is 11.6 Å². The van der Waals surface area contributed by atoms with Crippen LogP contribution in [0.2, 0.25) is 0 Å². The zero-order valence-corrected chi connectivity index (χ0v) is 13.2. The van der Waals surface area contributed by atoms with Crippen LogP contribution in [-0.2, 0) is 6.54 Å². The van der Waals surface area contributed by atoms with Gasteiger partial charge in [0, 0.05) is 6.20 Å². The minimum Gasteiger partial charge on any atom is -0.377 e. The molecule has 0 aromatic carbocycles. The number of aryl methyl sites for hydroxylation is 1. The number of hydrogen-bond acceptors (Lipinski definition) is 5. The molecule has 0 saturated heterocycles. The first kappa shape index (κ1) is 14.6. The molecule has 0 aliphatic rings. The van der Waals surface area contributed by atoms with E-state index in [9.17, 15) is 4.79 Å². The van der Waals surface area contributed by atoms with Crippen LogP contribution in [0.5, 0.6) is 0 Å². The second-order valence-electron chi connectivity index (χ2n) is 4.66. The summed E-state index contributed by atoms with van der Waals surface area (Å²) < 4.78 is 1.91. The third-order valence-electron chi connectivity index (χ3n) is 2.73. The molecule has 2 aromatic rings. The molecule has 7 heteroatoms. The predicted molar refractivity (Wildman–Crippen MR) is 80.7 cm³/mol. The number of nitrogens with zero attached hydrogens (tertiary/aromatic N) is 4. The van der Waals surface area contributed by atoms with E-state index in [1.165, 1.54) is 4.68 Å². The minimum absolute atomic E-state index is 0.0253. The van der Waals surface area contributed by atoms with Crippen molar-refractivity contribution in [2.24, 2.45) is 0 Å². The van der Waals surface area contributed by atoms with E-state index in [0.29, 0.717) is 16.7 Å². The Morgan fingerprint density at radius 2 is 2.20 bits per heavy atom. The van der Waals surface area contributed by atoms with Crippen LogP contribution >= 0.6 is 15.9 Å². The Morgan fingerprint density at radius 3 is 2.85 bits per heavy atom. The zero-order valence-electron chi connectivity index (χ0n) is 11.6. The lowest BCUT2D eigenvalue weighted by atomic mass is 10.3. The molecule has 0 bridgehead atoms. The van der Waals surface area contributed by atoms with E-state index in [2.05, 4.69) is 36.3 Å². The maximum atomic E-state index is 12.1. The molecule has 0 radical (unpaired) electrons. The fourth-order valence-corrected chi connectivity index (χ4v) is 2.15. The van der Waals surface area contributed by atoms with Crippen LogP contribution < -0.4 is 10.9 Å². The van der Waals surface area contributed by atoms with Crippen LogP contribution in [0.25, 0.3) is 0 Å². The van der Waals surface area contributed by atoms with Gasteiger partial charge in [0.2, 0.25) is 0 Å². The quantitative estimate of drug-likeness (QED) is 0.926. The molecule has 2 rings (SSSR count). The summed E-state index contributed by atoms with van der Waals surface area (Å²) in [5, 5.41) is 7.30. The van der Waals surface area contributed by atoms with E-state index < -0.39 is 0 Å². The summed E-state index contributed by atoms with van der Waals surface area (Å²) in [7, 11) is 0. The molecule has 0 spiro atoms. The van der Waals surface area contributed by atoms with Gasteiger partial charge in [-0.2, -0.15) is 5.10 Å². The Hall–Kier alpha value is -1.76. The van der Waals surface area contributed by atoms with Crippen molar-refractivity contribution in [3.05, 3.63) is 44.8 Å². The number of hydrogen-bond donors (Lipinski definition) is 1. The monoisotopic (exact) mass is 337 g/mol. The average Bonchev–Trinajstić information content (AvgIpc) is 2.40. The maximum absolute atomic E-state index is 12.1. The second kappa shape index (κ2) is 6.13. The molecule has 0 saturated carbocycles. The zero-order chi connectivity index (χ0) is 14.7. The topological polar surface area (TPSA) is 72.7 Å². The second-order valence-corrected chi connectivity index (χ2v) is 5.46. The van der Waals surface area contributed by atoms with Crippen molar-refractivity contribution in [1.29, 1.82) is 0 Å². The Balaban J connectivity index is 2.19. The van der Waals surface area contributed by atoms with Crippen LogP contribution in [0.3, 0.4) is 0 Å². The fraction of sp³-hybridized carbons (Fsp3) is 0.385. The molecule has 0 unspecified atom stereocenters. The third kappa shape index (κ3) is 3.22. The maximum Gasteiger partial charge on any atom is 0.283 e. The summed E-state index contributed by atoms with van der Waals surface area (Å²) in [5.74, 6) is 0.719. The lowest BCUT2D eigenvalue weighted by molar-refractivity contribution is 0.501. The molecule has 0 aliphatic carbocycles. The van der Waals surface area contributed by atoms with Gasteiger partial charge in [-0.15, -0.1) is 0 Å². The molecule has 0 aliphatic heterocycles. The molecule has 6 nitrogen and oxygen atoms in total. The summed E-state index contributed by atoms with van der Waals surface area (Å²) in [6, 6.07) is 1.86. The average molecular weight is 338 g/mol. The van der Waals surface area contributed by atoms with Crippen LogP contribution in [0.15, 0.2) is 27.7 Å². The number of nitrogens with one attached hydrogen (secondary N) is 1. The molecular weight excluding hydrogens is 322 g/mol. The largest absolute Gasteiger partial charge is 0.377 e. The first-order valence-electron chi connectivity index (χ1n) is 6.28. The molecule has 20 heavy (non-hydrogen) atoms. The molecule has 2 heterocycles. The van der Waals surface area contributed by atoms with E-state index in [1.807, 2.05) is 26.8 Å². The number of aromatic nitrogens is 4. The van der Waals surface area contributed by atoms with Crippen LogP contribution in [0, 0.1) is 6.92 Å². The van der Waals surface area contributed by atoms with Crippen molar-refractivity contribution >= 4 is 21.6 Å². The molecule has 106 valence electrons. The van der Waals surface area contributed by atoms with Gasteiger partial charge in [-0.1, -0.05) is 0 Å². The van der Waals surface area contributed by atoms with E-state index in [0.717, 1.165) is 11.5 Å². The molecule has 0 fully saturated rings. The molecular formula is C13H16BrN5O. The highest BCUT2D eigenvalue weighted by atomic mass is 79.9. The molecule has 0 amide bonds. The van der Waals surface area contributed by atoms with Crippen molar-refractivity contribution in [3.63, 3.8) is 0 Å². The van der Waals surface area contributed by atoms with Gasteiger partial charge in [0.05, 0.1) is 30.2 Å². The minimum atomic E-state index is -0.149. The van der Waals surface area contributed by atoms with Gasteiger partial charge in [-0.25, -0.2) is 14.6 Å². The van der Waals surface area contributed by atoms with Gasteiger partial charge < -0.3 is 5.32 Å². The molecule has 0 atom stereocenters. The van der Waals surface area contributed by atoms with Crippen molar-refractivity contribution in [2.75, 3.05) is 5.32 Å². The summed E-state index contributed by atoms with van der Waals surface area (Å²) >= 11 is 3.32. The number of anilines is 1. The van der Waals surface area contributed by atoms with Gasteiger partial charge in [-0.05, 0) is 42.8 Å². The normalized spacial score (nSPS) is 10.8. The number of halogens is 1. The Kier molecular flexibility index (Phi) is 4.49. The first-order valence-corrected chi connectivity index (χ1v) is 7.08. The van der Waals surface area contributed by atoms with E-state index in [1.54, 1.807) is 12.4 Å². The smallest absolute Gasteiger partial charge is 0.283 e. The van der Waals surface area contributed by atoms with Crippen LogP contribution in [0.4, 0.5) is 5.69 Å². The van der Waals surface area contributed by atoms with Gasteiger partial charge in [-0.3, -0.25) is 4.79 Å². The fourth-order valence-electron chi connectivity index (χ4n) is 1.73. The van der Waals surface area contributed by atoms with Gasteiger partial charge in [0.15, 0.2) is 0 Å². The number of rotatable bonds is 4. The summed E-state index contributed by atoms with van der Waals surface area (Å²) in [5.41, 5.74) is 1.37.